The molecule has 0 saturated heterocycles. The van der Waals surface area contributed by atoms with E-state index in [1.807, 2.05) is 19.2 Å². The second-order valence-electron chi connectivity index (χ2n) is 3.82. The van der Waals surface area contributed by atoms with Crippen molar-refractivity contribution >= 4 is 11.3 Å². The third-order valence-corrected chi connectivity index (χ3v) is 3.33. The van der Waals surface area contributed by atoms with Crippen LogP contribution in [-0.2, 0) is 0 Å². The standard InChI is InChI=1S/C10H18N2OS/c1-4-10(3,13)7-12-8(2)9-11-5-6-14-9/h5-6,8,12-13H,4,7H2,1-3H3. The summed E-state index contributed by atoms with van der Waals surface area (Å²) in [5, 5.41) is 16.1. The van der Waals surface area contributed by atoms with Crippen molar-refractivity contribution in [3.8, 4) is 0 Å². The van der Waals surface area contributed by atoms with Gasteiger partial charge in [-0.1, -0.05) is 6.92 Å². The minimum absolute atomic E-state index is 0.216. The maximum absolute atomic E-state index is 9.79. The van der Waals surface area contributed by atoms with Crippen molar-refractivity contribution in [1.29, 1.82) is 0 Å². The number of aromatic nitrogens is 1. The first-order chi connectivity index (χ1) is 6.55. The highest BCUT2D eigenvalue weighted by Gasteiger charge is 2.18. The van der Waals surface area contributed by atoms with Crippen LogP contribution in [0.2, 0.25) is 0 Å². The highest BCUT2D eigenvalue weighted by Crippen LogP contribution is 2.16. The maximum Gasteiger partial charge on any atom is 0.109 e. The van der Waals surface area contributed by atoms with Crippen LogP contribution >= 0.6 is 11.3 Å². The number of nitrogens with one attached hydrogen (secondary N) is 1. The lowest BCUT2D eigenvalue weighted by molar-refractivity contribution is 0.0533. The summed E-state index contributed by atoms with van der Waals surface area (Å²) < 4.78 is 0. The zero-order valence-electron chi connectivity index (χ0n) is 8.95. The molecule has 0 aromatic carbocycles. The van der Waals surface area contributed by atoms with Crippen molar-refractivity contribution < 1.29 is 5.11 Å². The fourth-order valence-electron chi connectivity index (χ4n) is 1.03. The molecule has 0 bridgehead atoms. The number of nitrogens with zero attached hydrogens (tertiary/aromatic N) is 1. The summed E-state index contributed by atoms with van der Waals surface area (Å²) in [6.45, 7) is 6.49. The molecule has 1 heterocycles. The molecule has 2 unspecified atom stereocenters. The van der Waals surface area contributed by atoms with Crippen LogP contribution in [0, 0.1) is 0 Å². The van der Waals surface area contributed by atoms with Crippen LogP contribution in [0.15, 0.2) is 11.6 Å². The molecule has 14 heavy (non-hydrogen) atoms. The smallest absolute Gasteiger partial charge is 0.109 e. The van der Waals surface area contributed by atoms with E-state index in [-0.39, 0.29) is 6.04 Å². The lowest BCUT2D eigenvalue weighted by Gasteiger charge is -2.23. The number of hydrogen-bond acceptors (Lipinski definition) is 4. The average molecular weight is 214 g/mol. The van der Waals surface area contributed by atoms with Gasteiger partial charge in [0.15, 0.2) is 0 Å². The van der Waals surface area contributed by atoms with E-state index in [9.17, 15) is 5.11 Å². The molecule has 2 atom stereocenters. The van der Waals surface area contributed by atoms with Gasteiger partial charge in [0.2, 0.25) is 0 Å². The predicted octanol–water partition coefficient (Wildman–Crippen LogP) is 1.95. The molecule has 0 aliphatic rings. The molecule has 0 aliphatic heterocycles. The minimum atomic E-state index is -0.620. The third kappa shape index (κ3) is 3.36. The van der Waals surface area contributed by atoms with Gasteiger partial charge in [-0.3, -0.25) is 0 Å². The third-order valence-electron chi connectivity index (χ3n) is 2.37. The van der Waals surface area contributed by atoms with Crippen molar-refractivity contribution in [2.24, 2.45) is 0 Å². The number of thiazole rings is 1. The van der Waals surface area contributed by atoms with Gasteiger partial charge in [0, 0.05) is 18.1 Å². The zero-order chi connectivity index (χ0) is 10.6. The summed E-state index contributed by atoms with van der Waals surface area (Å²) in [5.74, 6) is 0. The van der Waals surface area contributed by atoms with Gasteiger partial charge < -0.3 is 10.4 Å². The molecule has 0 aliphatic carbocycles. The van der Waals surface area contributed by atoms with Crippen molar-refractivity contribution in [3.63, 3.8) is 0 Å². The fraction of sp³-hybridized carbons (Fsp3) is 0.700. The van der Waals surface area contributed by atoms with Gasteiger partial charge in [-0.2, -0.15) is 0 Å². The molecule has 2 N–H and O–H groups in total. The summed E-state index contributed by atoms with van der Waals surface area (Å²) in [7, 11) is 0. The highest BCUT2D eigenvalue weighted by molar-refractivity contribution is 7.09. The van der Waals surface area contributed by atoms with E-state index in [0.29, 0.717) is 6.54 Å². The largest absolute Gasteiger partial charge is 0.389 e. The summed E-state index contributed by atoms with van der Waals surface area (Å²) >= 11 is 1.63. The van der Waals surface area contributed by atoms with Crippen molar-refractivity contribution in [1.82, 2.24) is 10.3 Å². The lowest BCUT2D eigenvalue weighted by atomic mass is 10.0. The first-order valence-corrected chi connectivity index (χ1v) is 5.78. The zero-order valence-corrected chi connectivity index (χ0v) is 9.77. The van der Waals surface area contributed by atoms with Crippen LogP contribution in [0.1, 0.15) is 38.2 Å². The second kappa shape index (κ2) is 4.87. The van der Waals surface area contributed by atoms with E-state index in [0.717, 1.165) is 11.4 Å². The summed E-state index contributed by atoms with van der Waals surface area (Å²) in [4.78, 5) is 4.22. The van der Waals surface area contributed by atoms with E-state index in [1.54, 1.807) is 17.5 Å². The highest BCUT2D eigenvalue weighted by atomic mass is 32.1. The first kappa shape index (κ1) is 11.6. The summed E-state index contributed by atoms with van der Waals surface area (Å²) in [6.07, 6.45) is 2.56. The maximum atomic E-state index is 9.79. The van der Waals surface area contributed by atoms with Crippen LogP contribution in [0.25, 0.3) is 0 Å². The normalized spacial score (nSPS) is 17.7. The van der Waals surface area contributed by atoms with Crippen molar-refractivity contribution in [3.05, 3.63) is 16.6 Å². The minimum Gasteiger partial charge on any atom is -0.389 e. The molecule has 0 spiro atoms. The number of rotatable bonds is 5. The van der Waals surface area contributed by atoms with Crippen LogP contribution in [0.5, 0.6) is 0 Å². The Balaban J connectivity index is 2.39. The monoisotopic (exact) mass is 214 g/mol. The van der Waals surface area contributed by atoms with Crippen LogP contribution in [0.4, 0.5) is 0 Å². The summed E-state index contributed by atoms with van der Waals surface area (Å²) in [6, 6.07) is 0.216. The molecule has 0 amide bonds. The Kier molecular flexibility index (Phi) is 4.04. The molecule has 4 heteroatoms. The van der Waals surface area contributed by atoms with Crippen LogP contribution < -0.4 is 5.32 Å². The van der Waals surface area contributed by atoms with Gasteiger partial charge in [0.05, 0.1) is 11.6 Å². The molecule has 1 rings (SSSR count). The Bertz CT molecular complexity index is 259. The van der Waals surface area contributed by atoms with Gasteiger partial charge in [0.1, 0.15) is 5.01 Å². The average Bonchev–Trinajstić information content (AvgIpc) is 2.67. The van der Waals surface area contributed by atoms with Crippen LogP contribution in [0.3, 0.4) is 0 Å². The molecule has 80 valence electrons. The van der Waals surface area contributed by atoms with E-state index in [1.165, 1.54) is 0 Å². The van der Waals surface area contributed by atoms with Gasteiger partial charge >= 0.3 is 0 Å². The number of hydrogen-bond donors (Lipinski definition) is 2. The van der Waals surface area contributed by atoms with Gasteiger partial charge in [-0.15, -0.1) is 11.3 Å². The van der Waals surface area contributed by atoms with E-state index >= 15 is 0 Å². The molecular formula is C10H18N2OS. The SMILES string of the molecule is CCC(C)(O)CNC(C)c1nccs1. The van der Waals surface area contributed by atoms with E-state index in [4.69, 9.17) is 0 Å². The lowest BCUT2D eigenvalue weighted by Crippen LogP contribution is -2.38. The van der Waals surface area contributed by atoms with Gasteiger partial charge in [-0.05, 0) is 20.3 Å². The molecule has 1 aromatic rings. The fourth-order valence-corrected chi connectivity index (χ4v) is 1.70. The van der Waals surface area contributed by atoms with E-state index in [2.05, 4.69) is 17.2 Å². The Morgan fingerprint density at radius 2 is 2.43 bits per heavy atom. The Labute approximate surface area is 89.2 Å². The first-order valence-electron chi connectivity index (χ1n) is 4.90. The molecule has 1 aromatic heterocycles. The Morgan fingerprint density at radius 3 is 2.93 bits per heavy atom. The molecule has 0 saturated carbocycles. The van der Waals surface area contributed by atoms with Crippen molar-refractivity contribution in [2.75, 3.05) is 6.54 Å². The second-order valence-corrected chi connectivity index (χ2v) is 4.75. The Morgan fingerprint density at radius 1 is 1.71 bits per heavy atom. The molecular weight excluding hydrogens is 196 g/mol. The van der Waals surface area contributed by atoms with Gasteiger partial charge in [-0.25, -0.2) is 4.98 Å². The van der Waals surface area contributed by atoms with Crippen molar-refractivity contribution in [2.45, 2.75) is 38.8 Å². The van der Waals surface area contributed by atoms with Crippen LogP contribution in [-0.4, -0.2) is 22.2 Å². The number of aliphatic hydroxyl groups is 1. The molecule has 0 radical (unpaired) electrons. The van der Waals surface area contributed by atoms with E-state index < -0.39 is 5.60 Å². The molecule has 3 nitrogen and oxygen atoms in total. The van der Waals surface area contributed by atoms with Gasteiger partial charge in [0.25, 0.3) is 0 Å². The molecule has 0 fully saturated rings. The quantitative estimate of drug-likeness (QED) is 0.787. The Hall–Kier alpha value is -0.450. The summed E-state index contributed by atoms with van der Waals surface area (Å²) in [5.41, 5.74) is -0.620. The predicted molar refractivity (Wildman–Crippen MR) is 59.4 cm³/mol. The topological polar surface area (TPSA) is 45.1 Å².